The van der Waals surface area contributed by atoms with Crippen molar-refractivity contribution in [3.05, 3.63) is 41.5 Å². The van der Waals surface area contributed by atoms with Crippen LogP contribution in [0, 0.1) is 19.7 Å². The summed E-state index contributed by atoms with van der Waals surface area (Å²) in [5.41, 5.74) is 1.03. The van der Waals surface area contributed by atoms with Crippen LogP contribution < -0.4 is 5.32 Å². The van der Waals surface area contributed by atoms with Crippen molar-refractivity contribution in [3.8, 4) is 0 Å². The van der Waals surface area contributed by atoms with E-state index in [-0.39, 0.29) is 32.8 Å². The van der Waals surface area contributed by atoms with Crippen LogP contribution in [0.4, 0.5) is 14.9 Å². The maximum absolute atomic E-state index is 14.1. The zero-order valence-corrected chi connectivity index (χ0v) is 17.9. The molecular formula is C19H23FN4O6S. The third-order valence-corrected chi connectivity index (χ3v) is 7.17. The topological polar surface area (TPSA) is 114 Å². The Morgan fingerprint density at radius 1 is 1.16 bits per heavy atom. The number of nitrogens with one attached hydrogen (secondary N) is 1. The summed E-state index contributed by atoms with van der Waals surface area (Å²) in [6.45, 7) is 3.78. The fourth-order valence-electron chi connectivity index (χ4n) is 3.69. The Bertz CT molecular complexity index is 1070. The molecule has 2 amide bonds. The van der Waals surface area contributed by atoms with Gasteiger partial charge in [-0.05, 0) is 26.0 Å². The average molecular weight is 454 g/mol. The second-order valence-corrected chi connectivity index (χ2v) is 9.33. The molecule has 0 bridgehead atoms. The number of nitrogens with zero attached hydrogens (tertiary/aromatic N) is 3. The summed E-state index contributed by atoms with van der Waals surface area (Å²) in [5, 5.41) is 6.57. The summed E-state index contributed by atoms with van der Waals surface area (Å²) in [5.74, 6) is -1.69. The molecule has 2 saturated heterocycles. The van der Waals surface area contributed by atoms with Crippen LogP contribution >= 0.6 is 0 Å². The summed E-state index contributed by atoms with van der Waals surface area (Å²) in [4.78, 5) is 13.9. The van der Waals surface area contributed by atoms with Crippen molar-refractivity contribution in [3.63, 3.8) is 0 Å². The molecule has 2 aromatic rings. The zero-order chi connectivity index (χ0) is 22.2. The third kappa shape index (κ3) is 4.15. The van der Waals surface area contributed by atoms with Gasteiger partial charge in [-0.3, -0.25) is 0 Å². The van der Waals surface area contributed by atoms with E-state index >= 15 is 0 Å². The first kappa shape index (κ1) is 21.7. The number of carbonyl (C=O) groups excluding carboxylic acids is 1. The van der Waals surface area contributed by atoms with Crippen LogP contribution in [-0.2, 0) is 19.5 Å². The highest BCUT2D eigenvalue weighted by Gasteiger charge is 2.46. The second-order valence-electron chi connectivity index (χ2n) is 7.43. The lowest BCUT2D eigenvalue weighted by Gasteiger charge is -2.46. The molecule has 1 aromatic heterocycles. The Morgan fingerprint density at radius 3 is 2.55 bits per heavy atom. The highest BCUT2D eigenvalue weighted by atomic mass is 32.2. The number of morpholine rings is 2. The Morgan fingerprint density at radius 2 is 1.87 bits per heavy atom. The summed E-state index contributed by atoms with van der Waals surface area (Å²) < 4.78 is 57.9. The lowest BCUT2D eigenvalue weighted by molar-refractivity contribution is -0.278. The van der Waals surface area contributed by atoms with Crippen LogP contribution in [0.2, 0.25) is 0 Å². The van der Waals surface area contributed by atoms with Crippen molar-refractivity contribution < 1.29 is 31.6 Å². The molecule has 168 valence electrons. The van der Waals surface area contributed by atoms with E-state index in [0.717, 1.165) is 10.4 Å². The molecule has 1 aromatic carbocycles. The van der Waals surface area contributed by atoms with Crippen molar-refractivity contribution >= 4 is 21.7 Å². The number of carbonyl (C=O) groups is 1. The molecule has 2 aliphatic heterocycles. The molecule has 0 radical (unpaired) electrons. The molecular weight excluding hydrogens is 431 g/mol. The predicted octanol–water partition coefficient (Wildman–Crippen LogP) is 1.71. The second kappa shape index (κ2) is 8.19. The minimum atomic E-state index is -4.10. The largest absolute Gasteiger partial charge is 0.359 e. The van der Waals surface area contributed by atoms with E-state index in [1.807, 2.05) is 0 Å². The van der Waals surface area contributed by atoms with E-state index in [1.165, 1.54) is 23.1 Å². The van der Waals surface area contributed by atoms with E-state index < -0.39 is 32.6 Å². The van der Waals surface area contributed by atoms with Gasteiger partial charge in [0.15, 0.2) is 11.5 Å². The predicted molar refractivity (Wildman–Crippen MR) is 106 cm³/mol. The molecule has 2 fully saturated rings. The fraction of sp³-hybridized carbons (Fsp3) is 0.474. The monoisotopic (exact) mass is 454 g/mol. The van der Waals surface area contributed by atoms with Gasteiger partial charge in [-0.15, -0.1) is 0 Å². The van der Waals surface area contributed by atoms with Gasteiger partial charge in [-0.1, -0.05) is 17.3 Å². The van der Waals surface area contributed by atoms with Gasteiger partial charge in [0, 0.05) is 13.1 Å². The number of hydrogen-bond donors (Lipinski definition) is 1. The maximum Gasteiger partial charge on any atom is 0.322 e. The summed E-state index contributed by atoms with van der Waals surface area (Å²) >= 11 is 0. The SMILES string of the molecule is Cc1noc(C)c1NC(=O)N1CCOC2(C1)CN(S(=O)(=O)c1ccccc1F)CCO2. The summed E-state index contributed by atoms with van der Waals surface area (Å²) in [6.07, 6.45) is 0. The number of hydrogen-bond acceptors (Lipinski definition) is 7. The normalized spacial score (nSPS) is 22.6. The fourth-order valence-corrected chi connectivity index (χ4v) is 5.21. The van der Waals surface area contributed by atoms with Gasteiger partial charge in [-0.2, -0.15) is 4.31 Å². The van der Waals surface area contributed by atoms with Crippen molar-refractivity contribution in [2.45, 2.75) is 24.5 Å². The van der Waals surface area contributed by atoms with Gasteiger partial charge >= 0.3 is 6.03 Å². The highest BCUT2D eigenvalue weighted by Crippen LogP contribution is 2.29. The van der Waals surface area contributed by atoms with Crippen LogP contribution in [0.25, 0.3) is 0 Å². The molecule has 1 atom stereocenters. The van der Waals surface area contributed by atoms with Crippen molar-refractivity contribution in [2.75, 3.05) is 44.7 Å². The Labute approximate surface area is 178 Å². The van der Waals surface area contributed by atoms with Crippen LogP contribution in [0.15, 0.2) is 33.7 Å². The van der Waals surface area contributed by atoms with Crippen molar-refractivity contribution in [2.24, 2.45) is 0 Å². The van der Waals surface area contributed by atoms with Crippen LogP contribution in [0.1, 0.15) is 11.5 Å². The van der Waals surface area contributed by atoms with Crippen molar-refractivity contribution in [1.82, 2.24) is 14.4 Å². The molecule has 10 nitrogen and oxygen atoms in total. The zero-order valence-electron chi connectivity index (χ0n) is 17.1. The molecule has 3 heterocycles. The number of halogens is 1. The molecule has 2 aliphatic rings. The lowest BCUT2D eigenvalue weighted by atomic mass is 10.2. The Kier molecular flexibility index (Phi) is 5.73. The molecule has 31 heavy (non-hydrogen) atoms. The van der Waals surface area contributed by atoms with Gasteiger partial charge in [0.05, 0.1) is 26.3 Å². The van der Waals surface area contributed by atoms with Gasteiger partial charge in [0.2, 0.25) is 10.0 Å². The van der Waals surface area contributed by atoms with Crippen LogP contribution in [0.3, 0.4) is 0 Å². The average Bonchev–Trinajstić information content (AvgIpc) is 3.06. The number of aromatic nitrogens is 1. The molecule has 1 spiro atoms. The summed E-state index contributed by atoms with van der Waals surface area (Å²) in [6, 6.07) is 4.80. The number of rotatable bonds is 3. The van der Waals surface area contributed by atoms with Gasteiger partial charge in [-0.25, -0.2) is 17.6 Å². The standard InChI is InChI=1S/C19H23FN4O6S/c1-13-17(14(2)30-22-13)21-18(25)23-7-9-28-19(11-23)12-24(8-10-29-19)31(26,27)16-6-4-3-5-15(16)20/h3-6H,7-12H2,1-2H3,(H,21,25). The van der Waals surface area contributed by atoms with Gasteiger partial charge in [0.1, 0.15) is 22.1 Å². The highest BCUT2D eigenvalue weighted by molar-refractivity contribution is 7.89. The first-order chi connectivity index (χ1) is 14.7. The maximum atomic E-state index is 14.1. The number of ether oxygens (including phenoxy) is 2. The molecule has 12 heteroatoms. The number of aryl methyl sites for hydroxylation is 2. The first-order valence-corrected chi connectivity index (χ1v) is 11.2. The molecule has 4 rings (SSSR count). The molecule has 0 aliphatic carbocycles. The minimum absolute atomic E-state index is 0.00546. The lowest BCUT2D eigenvalue weighted by Crippen LogP contribution is -2.64. The minimum Gasteiger partial charge on any atom is -0.359 e. The smallest absolute Gasteiger partial charge is 0.322 e. The Balaban J connectivity index is 1.51. The first-order valence-electron chi connectivity index (χ1n) is 9.73. The Hall–Kier alpha value is -2.54. The number of sulfonamides is 1. The van der Waals surface area contributed by atoms with E-state index in [2.05, 4.69) is 10.5 Å². The van der Waals surface area contributed by atoms with Gasteiger partial charge in [0.25, 0.3) is 0 Å². The summed E-state index contributed by atoms with van der Waals surface area (Å²) in [7, 11) is -4.10. The number of amides is 2. The van der Waals surface area contributed by atoms with Crippen LogP contribution in [-0.4, -0.2) is 74.0 Å². The molecule has 0 saturated carbocycles. The third-order valence-electron chi connectivity index (χ3n) is 5.29. The molecule has 1 N–H and O–H groups in total. The van der Waals surface area contributed by atoms with E-state index in [1.54, 1.807) is 13.8 Å². The quantitative estimate of drug-likeness (QED) is 0.751. The van der Waals surface area contributed by atoms with E-state index in [0.29, 0.717) is 23.7 Å². The van der Waals surface area contributed by atoms with Crippen molar-refractivity contribution in [1.29, 1.82) is 0 Å². The van der Waals surface area contributed by atoms with Crippen LogP contribution in [0.5, 0.6) is 0 Å². The molecule has 1 unspecified atom stereocenters. The number of anilines is 1. The van der Waals surface area contributed by atoms with E-state index in [4.69, 9.17) is 14.0 Å². The van der Waals surface area contributed by atoms with Gasteiger partial charge < -0.3 is 24.2 Å². The number of urea groups is 1. The van der Waals surface area contributed by atoms with E-state index in [9.17, 15) is 17.6 Å². The number of benzene rings is 1.